The molecule has 0 aromatic carbocycles. The van der Waals surface area contributed by atoms with Crippen LogP contribution in [-0.4, -0.2) is 13.2 Å². The summed E-state index contributed by atoms with van der Waals surface area (Å²) in [5, 5.41) is 2.82. The molecule has 0 atom stereocenters. The zero-order chi connectivity index (χ0) is 10.8. The highest BCUT2D eigenvalue weighted by molar-refractivity contribution is 5.35. The van der Waals surface area contributed by atoms with Gasteiger partial charge in [0.15, 0.2) is 0 Å². The molecule has 78 valence electrons. The summed E-state index contributed by atoms with van der Waals surface area (Å²) in [6.07, 6.45) is -1.33. The minimum atomic E-state index is -4.22. The van der Waals surface area contributed by atoms with Crippen molar-refractivity contribution >= 4 is 0 Å². The van der Waals surface area contributed by atoms with Crippen molar-refractivity contribution in [2.45, 2.75) is 19.0 Å². The lowest BCUT2D eigenvalue weighted by molar-refractivity contribution is -0.0938. The SMILES string of the molecule is C=C1CCC(C(F)(F)F)=CC=C1NC. The molecule has 0 aromatic heterocycles. The molecule has 0 unspecified atom stereocenters. The first kappa shape index (κ1) is 10.9. The quantitative estimate of drug-likeness (QED) is 0.690. The van der Waals surface area contributed by atoms with Crippen molar-refractivity contribution in [2.75, 3.05) is 7.05 Å². The van der Waals surface area contributed by atoms with Crippen molar-refractivity contribution < 1.29 is 13.2 Å². The molecule has 1 nitrogen and oxygen atoms in total. The van der Waals surface area contributed by atoms with E-state index in [0.717, 1.165) is 6.08 Å². The van der Waals surface area contributed by atoms with Crippen LogP contribution in [0.1, 0.15) is 12.8 Å². The largest absolute Gasteiger partial charge is 0.412 e. The Morgan fingerprint density at radius 1 is 1.29 bits per heavy atom. The Hall–Kier alpha value is -1.19. The average Bonchev–Trinajstić information content (AvgIpc) is 2.25. The number of allylic oxidation sites excluding steroid dienone is 4. The fourth-order valence-electron chi connectivity index (χ4n) is 1.30. The molecule has 1 aliphatic rings. The Labute approximate surface area is 81.0 Å². The fourth-order valence-corrected chi connectivity index (χ4v) is 1.30. The van der Waals surface area contributed by atoms with E-state index in [2.05, 4.69) is 11.9 Å². The summed E-state index contributed by atoms with van der Waals surface area (Å²) in [6.45, 7) is 3.71. The third kappa shape index (κ3) is 2.40. The summed E-state index contributed by atoms with van der Waals surface area (Å²) in [4.78, 5) is 0. The Morgan fingerprint density at radius 2 is 1.93 bits per heavy atom. The highest BCUT2D eigenvalue weighted by atomic mass is 19.4. The molecule has 0 spiro atoms. The molecule has 14 heavy (non-hydrogen) atoms. The molecule has 0 radical (unpaired) electrons. The number of hydrogen-bond donors (Lipinski definition) is 1. The molecule has 0 saturated heterocycles. The highest BCUT2D eigenvalue weighted by Crippen LogP contribution is 2.32. The molecule has 0 saturated carbocycles. The number of rotatable bonds is 1. The van der Waals surface area contributed by atoms with Crippen LogP contribution in [-0.2, 0) is 0 Å². The second kappa shape index (κ2) is 3.90. The molecular weight excluding hydrogens is 191 g/mol. The maximum absolute atomic E-state index is 12.3. The lowest BCUT2D eigenvalue weighted by Gasteiger charge is -2.10. The Morgan fingerprint density at radius 3 is 2.43 bits per heavy atom. The highest BCUT2D eigenvalue weighted by Gasteiger charge is 2.33. The Kier molecular flexibility index (Phi) is 3.03. The molecule has 0 aliphatic heterocycles. The predicted octanol–water partition coefficient (Wildman–Crippen LogP) is 2.93. The van der Waals surface area contributed by atoms with Gasteiger partial charge in [0, 0.05) is 18.3 Å². The molecule has 4 heteroatoms. The van der Waals surface area contributed by atoms with Gasteiger partial charge in [0.1, 0.15) is 0 Å². The summed E-state index contributed by atoms with van der Waals surface area (Å²) in [5.74, 6) is 0. The van der Waals surface area contributed by atoms with Gasteiger partial charge in [0.05, 0.1) is 0 Å². The van der Waals surface area contributed by atoms with E-state index in [1.54, 1.807) is 7.05 Å². The van der Waals surface area contributed by atoms with Crippen LogP contribution in [0, 0.1) is 0 Å². The van der Waals surface area contributed by atoms with E-state index in [0.29, 0.717) is 17.7 Å². The third-order valence-electron chi connectivity index (χ3n) is 2.16. The predicted molar refractivity (Wildman–Crippen MR) is 49.7 cm³/mol. The lowest BCUT2D eigenvalue weighted by Crippen LogP contribution is -2.11. The van der Waals surface area contributed by atoms with Gasteiger partial charge in [0.25, 0.3) is 0 Å². The van der Waals surface area contributed by atoms with E-state index in [4.69, 9.17) is 0 Å². The maximum atomic E-state index is 12.3. The minimum absolute atomic E-state index is 0.00398. The Bertz CT molecular complexity index is 297. The van der Waals surface area contributed by atoms with E-state index in [9.17, 15) is 13.2 Å². The van der Waals surface area contributed by atoms with Gasteiger partial charge in [0.2, 0.25) is 0 Å². The number of halogens is 3. The van der Waals surface area contributed by atoms with Crippen LogP contribution in [0.5, 0.6) is 0 Å². The van der Waals surface area contributed by atoms with Gasteiger partial charge >= 0.3 is 6.18 Å². The number of nitrogens with one attached hydrogen (secondary N) is 1. The first-order chi connectivity index (χ1) is 6.45. The van der Waals surface area contributed by atoms with Crippen LogP contribution in [0.2, 0.25) is 0 Å². The van der Waals surface area contributed by atoms with E-state index in [1.165, 1.54) is 6.08 Å². The summed E-state index contributed by atoms with van der Waals surface area (Å²) in [6, 6.07) is 0. The summed E-state index contributed by atoms with van der Waals surface area (Å²) < 4.78 is 37.0. The van der Waals surface area contributed by atoms with Crippen molar-refractivity contribution in [2.24, 2.45) is 0 Å². The number of alkyl halides is 3. The maximum Gasteiger partial charge on any atom is 0.412 e. The second-order valence-electron chi connectivity index (χ2n) is 3.12. The molecule has 0 bridgehead atoms. The van der Waals surface area contributed by atoms with Crippen LogP contribution in [0.3, 0.4) is 0 Å². The van der Waals surface area contributed by atoms with Gasteiger partial charge in [-0.15, -0.1) is 0 Å². The number of hydrogen-bond acceptors (Lipinski definition) is 1. The van der Waals surface area contributed by atoms with Crippen LogP contribution < -0.4 is 5.32 Å². The van der Waals surface area contributed by atoms with Crippen LogP contribution in [0.4, 0.5) is 13.2 Å². The van der Waals surface area contributed by atoms with E-state index in [1.807, 2.05) is 0 Å². The second-order valence-corrected chi connectivity index (χ2v) is 3.12. The van der Waals surface area contributed by atoms with Crippen molar-refractivity contribution in [3.05, 3.63) is 35.6 Å². The minimum Gasteiger partial charge on any atom is -0.388 e. The van der Waals surface area contributed by atoms with Crippen molar-refractivity contribution in [3.63, 3.8) is 0 Å². The molecular formula is C10H12F3N. The van der Waals surface area contributed by atoms with Gasteiger partial charge in [-0.2, -0.15) is 13.2 Å². The van der Waals surface area contributed by atoms with Crippen molar-refractivity contribution in [3.8, 4) is 0 Å². The zero-order valence-corrected chi connectivity index (χ0v) is 7.91. The summed E-state index contributed by atoms with van der Waals surface area (Å²) in [5.41, 5.74) is 0.885. The molecule has 0 amide bonds. The van der Waals surface area contributed by atoms with Crippen LogP contribution >= 0.6 is 0 Å². The number of likely N-dealkylation sites (N-methyl/N-ethyl adjacent to an activating group) is 1. The fraction of sp³-hybridized carbons (Fsp3) is 0.400. The molecule has 1 aliphatic carbocycles. The van der Waals surface area contributed by atoms with Gasteiger partial charge in [-0.05, 0) is 24.5 Å². The standard InChI is InChI=1S/C10H12F3N/c1-7-3-4-8(10(11,12)13)5-6-9(7)14-2/h5-6,14H,1,3-4H2,2H3. The molecule has 0 heterocycles. The lowest BCUT2D eigenvalue weighted by atomic mass is 10.1. The smallest absolute Gasteiger partial charge is 0.388 e. The first-order valence-corrected chi connectivity index (χ1v) is 4.29. The van der Waals surface area contributed by atoms with Crippen molar-refractivity contribution in [1.82, 2.24) is 5.32 Å². The zero-order valence-electron chi connectivity index (χ0n) is 7.91. The summed E-state index contributed by atoms with van der Waals surface area (Å²) in [7, 11) is 1.67. The van der Waals surface area contributed by atoms with Gasteiger partial charge in [-0.25, -0.2) is 0 Å². The Balaban J connectivity index is 2.91. The average molecular weight is 203 g/mol. The normalized spacial score (nSPS) is 18.4. The van der Waals surface area contributed by atoms with E-state index >= 15 is 0 Å². The van der Waals surface area contributed by atoms with Crippen LogP contribution in [0.15, 0.2) is 35.6 Å². The van der Waals surface area contributed by atoms with Crippen molar-refractivity contribution in [1.29, 1.82) is 0 Å². The van der Waals surface area contributed by atoms with Crippen LogP contribution in [0.25, 0.3) is 0 Å². The molecule has 1 N–H and O–H groups in total. The topological polar surface area (TPSA) is 12.0 Å². The van der Waals surface area contributed by atoms with Gasteiger partial charge in [-0.3, -0.25) is 0 Å². The van der Waals surface area contributed by atoms with Gasteiger partial charge in [-0.1, -0.05) is 12.7 Å². The van der Waals surface area contributed by atoms with E-state index < -0.39 is 11.7 Å². The van der Waals surface area contributed by atoms with Gasteiger partial charge < -0.3 is 5.32 Å². The summed E-state index contributed by atoms with van der Waals surface area (Å²) >= 11 is 0. The molecule has 0 aromatic rings. The first-order valence-electron chi connectivity index (χ1n) is 4.29. The van der Waals surface area contributed by atoms with E-state index in [-0.39, 0.29) is 6.42 Å². The molecule has 1 rings (SSSR count). The monoisotopic (exact) mass is 203 g/mol. The molecule has 0 fully saturated rings. The third-order valence-corrected chi connectivity index (χ3v) is 2.16.